The molecule has 202 valence electrons. The number of hydrogen-bond donors (Lipinski definition) is 1. The fraction of sp³-hybridized carbons (Fsp3) is 0.286. The monoisotopic (exact) mass is 540 g/mol. The molecule has 0 aromatic heterocycles. The normalized spacial score (nSPS) is 12.2. The second-order valence-electron chi connectivity index (χ2n) is 9.08. The lowest BCUT2D eigenvalue weighted by Gasteiger charge is -2.34. The molecule has 38 heavy (non-hydrogen) atoms. The maximum absolute atomic E-state index is 14.8. The zero-order valence-electron chi connectivity index (χ0n) is 22.0. The molecular formula is C28H33FN4O4S. The summed E-state index contributed by atoms with van der Waals surface area (Å²) in [6.45, 7) is 1.27. The summed E-state index contributed by atoms with van der Waals surface area (Å²) in [5.74, 6) is -1.84. The fourth-order valence-electron chi connectivity index (χ4n) is 4.08. The topological polar surface area (TPSA) is 90.0 Å². The minimum absolute atomic E-state index is 0.0541. The summed E-state index contributed by atoms with van der Waals surface area (Å²) >= 11 is 0. The number of amides is 2. The van der Waals surface area contributed by atoms with Gasteiger partial charge in [-0.15, -0.1) is 0 Å². The Kier molecular flexibility index (Phi) is 9.60. The highest BCUT2D eigenvalue weighted by Crippen LogP contribution is 2.24. The highest BCUT2D eigenvalue weighted by molar-refractivity contribution is 7.90. The van der Waals surface area contributed by atoms with Crippen LogP contribution in [0.2, 0.25) is 0 Å². The molecule has 0 unspecified atom stereocenters. The van der Waals surface area contributed by atoms with Gasteiger partial charge in [0.2, 0.25) is 11.8 Å². The number of nitrogens with zero attached hydrogens (tertiary/aromatic N) is 3. The Balaban J connectivity index is 2.08. The number of aryl methyl sites for hydroxylation is 1. The maximum atomic E-state index is 14.8. The predicted molar refractivity (Wildman–Crippen MR) is 146 cm³/mol. The Morgan fingerprint density at radius 2 is 1.55 bits per heavy atom. The molecule has 3 aromatic carbocycles. The van der Waals surface area contributed by atoms with E-state index in [1.165, 1.54) is 44.2 Å². The molecule has 0 saturated carbocycles. The first-order chi connectivity index (χ1) is 18.0. The predicted octanol–water partition coefficient (Wildman–Crippen LogP) is 3.13. The molecule has 0 heterocycles. The van der Waals surface area contributed by atoms with Crippen molar-refractivity contribution in [3.8, 4) is 0 Å². The number of anilines is 1. The van der Waals surface area contributed by atoms with Crippen molar-refractivity contribution in [3.05, 3.63) is 101 Å². The van der Waals surface area contributed by atoms with Crippen molar-refractivity contribution in [1.82, 2.24) is 14.5 Å². The lowest BCUT2D eigenvalue weighted by molar-refractivity contribution is -0.139. The van der Waals surface area contributed by atoms with Gasteiger partial charge in [0, 0.05) is 34.1 Å². The van der Waals surface area contributed by atoms with Crippen LogP contribution in [0.25, 0.3) is 0 Å². The van der Waals surface area contributed by atoms with Gasteiger partial charge in [-0.05, 0) is 30.2 Å². The van der Waals surface area contributed by atoms with Crippen LogP contribution in [0.4, 0.5) is 10.1 Å². The molecule has 10 heteroatoms. The Labute approximate surface area is 223 Å². The number of rotatable bonds is 11. The van der Waals surface area contributed by atoms with Crippen molar-refractivity contribution >= 4 is 27.7 Å². The van der Waals surface area contributed by atoms with E-state index in [0.717, 1.165) is 31.4 Å². The maximum Gasteiger partial charge on any atom is 0.304 e. The van der Waals surface area contributed by atoms with E-state index in [4.69, 9.17) is 0 Å². The van der Waals surface area contributed by atoms with E-state index < -0.39 is 40.4 Å². The third-order valence-electron chi connectivity index (χ3n) is 6.09. The van der Waals surface area contributed by atoms with Gasteiger partial charge < -0.3 is 10.2 Å². The molecule has 0 fully saturated rings. The second kappa shape index (κ2) is 12.7. The molecule has 0 saturated heterocycles. The number of carbonyl (C=O) groups is 2. The van der Waals surface area contributed by atoms with Crippen LogP contribution >= 0.6 is 0 Å². The van der Waals surface area contributed by atoms with Gasteiger partial charge in [-0.1, -0.05) is 72.3 Å². The first-order valence-electron chi connectivity index (χ1n) is 12.1. The summed E-state index contributed by atoms with van der Waals surface area (Å²) in [4.78, 5) is 28.4. The van der Waals surface area contributed by atoms with Crippen LogP contribution in [0.15, 0.2) is 78.9 Å². The third kappa shape index (κ3) is 6.96. The Morgan fingerprint density at radius 1 is 0.921 bits per heavy atom. The minimum atomic E-state index is -4.25. The van der Waals surface area contributed by atoms with E-state index in [2.05, 4.69) is 5.32 Å². The van der Waals surface area contributed by atoms with Gasteiger partial charge in [0.25, 0.3) is 0 Å². The van der Waals surface area contributed by atoms with E-state index >= 15 is 0 Å². The third-order valence-corrected chi connectivity index (χ3v) is 7.90. The van der Waals surface area contributed by atoms with Crippen LogP contribution in [0.1, 0.15) is 16.7 Å². The van der Waals surface area contributed by atoms with Crippen LogP contribution < -0.4 is 9.62 Å². The van der Waals surface area contributed by atoms with Gasteiger partial charge in [-0.25, -0.2) is 8.70 Å². The molecule has 0 aliphatic carbocycles. The number of likely N-dealkylation sites (N-methyl/N-ethyl adjacent to an activating group) is 1. The Morgan fingerprint density at radius 3 is 2.16 bits per heavy atom. The first-order valence-corrected chi connectivity index (χ1v) is 13.5. The molecule has 2 amide bonds. The van der Waals surface area contributed by atoms with Crippen molar-refractivity contribution in [2.24, 2.45) is 0 Å². The number of para-hydroxylation sites is 1. The molecule has 0 bridgehead atoms. The van der Waals surface area contributed by atoms with Gasteiger partial charge in [0.05, 0.1) is 5.69 Å². The SMILES string of the molecule is CNC(=O)[C@H](Cc1ccccc1)N(Cc1cccc(C)c1)C(=O)CN(c1ccccc1F)S(=O)(=O)N(C)C. The molecule has 0 radical (unpaired) electrons. The van der Waals surface area contributed by atoms with Gasteiger partial charge >= 0.3 is 10.2 Å². The van der Waals surface area contributed by atoms with E-state index in [9.17, 15) is 22.4 Å². The average Bonchev–Trinajstić information content (AvgIpc) is 2.89. The number of nitrogens with one attached hydrogen (secondary N) is 1. The van der Waals surface area contributed by atoms with Crippen molar-refractivity contribution in [2.75, 3.05) is 32.0 Å². The second-order valence-corrected chi connectivity index (χ2v) is 11.1. The minimum Gasteiger partial charge on any atom is -0.357 e. The molecule has 1 atom stereocenters. The van der Waals surface area contributed by atoms with Gasteiger partial charge in [-0.3, -0.25) is 9.59 Å². The molecule has 0 aliphatic heterocycles. The number of benzene rings is 3. The van der Waals surface area contributed by atoms with Crippen LogP contribution in [-0.4, -0.2) is 63.2 Å². The number of carbonyl (C=O) groups excluding carboxylic acids is 2. The number of halogens is 1. The van der Waals surface area contributed by atoms with E-state index in [-0.39, 0.29) is 18.7 Å². The van der Waals surface area contributed by atoms with E-state index in [0.29, 0.717) is 0 Å². The van der Waals surface area contributed by atoms with Crippen LogP contribution in [0.3, 0.4) is 0 Å². The van der Waals surface area contributed by atoms with E-state index in [1.807, 2.05) is 61.5 Å². The van der Waals surface area contributed by atoms with Crippen LogP contribution in [0, 0.1) is 12.7 Å². The summed E-state index contributed by atoms with van der Waals surface area (Å²) in [5.41, 5.74) is 2.31. The Hall–Kier alpha value is -3.76. The molecule has 0 spiro atoms. The smallest absolute Gasteiger partial charge is 0.304 e. The van der Waals surface area contributed by atoms with Gasteiger partial charge in [0.15, 0.2) is 0 Å². The van der Waals surface area contributed by atoms with Crippen LogP contribution in [-0.2, 0) is 32.8 Å². The zero-order chi connectivity index (χ0) is 27.9. The summed E-state index contributed by atoms with van der Waals surface area (Å²) in [6.07, 6.45) is 0.207. The lowest BCUT2D eigenvalue weighted by Crippen LogP contribution is -2.54. The summed E-state index contributed by atoms with van der Waals surface area (Å²) < 4.78 is 42.9. The zero-order valence-corrected chi connectivity index (χ0v) is 22.8. The summed E-state index contributed by atoms with van der Waals surface area (Å²) in [7, 11) is -0.158. The molecule has 0 aliphatic rings. The quantitative estimate of drug-likeness (QED) is 0.405. The van der Waals surface area contributed by atoms with Crippen molar-refractivity contribution in [1.29, 1.82) is 0 Å². The number of hydrogen-bond acceptors (Lipinski definition) is 4. The molecule has 1 N–H and O–H groups in total. The molecule has 3 rings (SSSR count). The van der Waals surface area contributed by atoms with Gasteiger partial charge in [0.1, 0.15) is 18.4 Å². The average molecular weight is 541 g/mol. The molecule has 8 nitrogen and oxygen atoms in total. The largest absolute Gasteiger partial charge is 0.357 e. The standard InChI is InChI=1S/C28H33FN4O4S/c1-21-11-10-14-23(17-21)19-32(26(28(35)30-2)18-22-12-6-5-7-13-22)27(34)20-33(38(36,37)31(3)4)25-16-9-8-15-24(25)29/h5-17,26H,18-20H2,1-4H3,(H,30,35)/t26-/m0/s1. The first kappa shape index (κ1) is 28.8. The lowest BCUT2D eigenvalue weighted by atomic mass is 10.0. The van der Waals surface area contributed by atoms with Crippen molar-refractivity contribution in [3.63, 3.8) is 0 Å². The fourth-order valence-corrected chi connectivity index (χ4v) is 5.15. The van der Waals surface area contributed by atoms with Crippen molar-refractivity contribution in [2.45, 2.75) is 25.9 Å². The van der Waals surface area contributed by atoms with E-state index in [1.54, 1.807) is 0 Å². The summed E-state index contributed by atoms with van der Waals surface area (Å²) in [6, 6.07) is 21.2. The highest BCUT2D eigenvalue weighted by Gasteiger charge is 2.35. The van der Waals surface area contributed by atoms with Crippen molar-refractivity contribution < 1.29 is 22.4 Å². The Bertz CT molecular complexity index is 1370. The van der Waals surface area contributed by atoms with Crippen LogP contribution in [0.5, 0.6) is 0 Å². The van der Waals surface area contributed by atoms with Gasteiger partial charge in [-0.2, -0.15) is 12.7 Å². The molecule has 3 aromatic rings. The summed E-state index contributed by atoms with van der Waals surface area (Å²) in [5, 5.41) is 2.63. The highest BCUT2D eigenvalue weighted by atomic mass is 32.2. The molecular weight excluding hydrogens is 507 g/mol.